The van der Waals surface area contributed by atoms with Crippen LogP contribution in [0.3, 0.4) is 0 Å². The van der Waals surface area contributed by atoms with Crippen molar-refractivity contribution in [1.29, 1.82) is 0 Å². The normalized spacial score (nSPS) is 37.5. The largest absolute Gasteiger partial charge is 0.449 e. The first-order valence-corrected chi connectivity index (χ1v) is 16.9. The zero-order chi connectivity index (χ0) is 28.4. The van der Waals surface area contributed by atoms with Gasteiger partial charge in [-0.15, -0.1) is 0 Å². The van der Waals surface area contributed by atoms with Crippen LogP contribution in [0.25, 0.3) is 0 Å². The standard InChI is InChI=1S/C35H62N2O2/c1-9-27(24(2)3)11-10-25(4)30-14-15-31-29-13-12-28-22-26(23-39-33(38)36-20-21-37(7)8)16-18-34(28,5)32(29)17-19-35(30,31)6/h12,24-27,29-32H,9-11,13-23H2,1-8H3,(H,36,38)/p+1/t25-,26+,27-,29+,30-,31+,32+,34+,35-/m1/s1. The lowest BCUT2D eigenvalue weighted by atomic mass is 9.46. The third-order valence-electron chi connectivity index (χ3n) is 12.8. The number of fused-ring (bicyclic) bond motifs is 5. The molecule has 3 saturated carbocycles. The summed E-state index contributed by atoms with van der Waals surface area (Å²) in [5.41, 5.74) is 2.62. The summed E-state index contributed by atoms with van der Waals surface area (Å²) in [4.78, 5) is 13.5. The van der Waals surface area contributed by atoms with E-state index in [9.17, 15) is 4.79 Å². The lowest BCUT2D eigenvalue weighted by Gasteiger charge is -2.58. The summed E-state index contributed by atoms with van der Waals surface area (Å²) < 4.78 is 5.65. The molecule has 0 aromatic carbocycles. The van der Waals surface area contributed by atoms with Crippen LogP contribution in [0.2, 0.25) is 0 Å². The second-order valence-corrected chi connectivity index (χ2v) is 15.5. The van der Waals surface area contributed by atoms with Gasteiger partial charge in [-0.1, -0.05) is 66.0 Å². The number of alkyl carbamates (subject to hydrolysis) is 1. The van der Waals surface area contributed by atoms with Gasteiger partial charge in [0.05, 0.1) is 33.8 Å². The van der Waals surface area contributed by atoms with Crippen LogP contribution in [0.15, 0.2) is 11.6 Å². The SMILES string of the molecule is CC[C@H](CC[C@@H](C)[C@H]1CC[C@H]2[C@@H]3CC=C4C[C@@H](COC(=O)NCC[NH+](C)C)CC[C@]4(C)[C@H]3CC[C@]12C)C(C)C. The predicted octanol–water partition coefficient (Wildman–Crippen LogP) is 7.15. The Bertz CT molecular complexity index is 852. The van der Waals surface area contributed by atoms with Crippen molar-refractivity contribution in [2.45, 2.75) is 112 Å². The van der Waals surface area contributed by atoms with Crippen molar-refractivity contribution in [2.24, 2.45) is 58.2 Å². The highest BCUT2D eigenvalue weighted by molar-refractivity contribution is 5.67. The third-order valence-corrected chi connectivity index (χ3v) is 12.8. The number of ether oxygens (including phenoxy) is 1. The maximum absolute atomic E-state index is 12.2. The van der Waals surface area contributed by atoms with Gasteiger partial charge in [0, 0.05) is 0 Å². The van der Waals surface area contributed by atoms with Gasteiger partial charge in [-0.3, -0.25) is 0 Å². The summed E-state index contributed by atoms with van der Waals surface area (Å²) in [6.45, 7) is 17.3. The molecule has 4 aliphatic carbocycles. The number of quaternary nitrogens is 1. The highest BCUT2D eigenvalue weighted by atomic mass is 16.5. The molecule has 0 saturated heterocycles. The van der Waals surface area contributed by atoms with Gasteiger partial charge in [0.1, 0.15) is 0 Å². The molecule has 224 valence electrons. The van der Waals surface area contributed by atoms with E-state index < -0.39 is 0 Å². The van der Waals surface area contributed by atoms with E-state index in [2.05, 4.69) is 67.0 Å². The molecule has 2 N–H and O–H groups in total. The Morgan fingerprint density at radius 2 is 1.85 bits per heavy atom. The van der Waals surface area contributed by atoms with Crippen LogP contribution < -0.4 is 10.2 Å². The fraction of sp³-hybridized carbons (Fsp3) is 0.914. The number of carbonyl (C=O) groups excluding carboxylic acids is 1. The highest BCUT2D eigenvalue weighted by Crippen LogP contribution is 2.67. The average Bonchev–Trinajstić information content (AvgIpc) is 3.24. The Morgan fingerprint density at radius 3 is 2.54 bits per heavy atom. The fourth-order valence-corrected chi connectivity index (χ4v) is 10.2. The zero-order valence-electron chi connectivity index (χ0n) is 26.9. The van der Waals surface area contributed by atoms with Crippen molar-refractivity contribution in [1.82, 2.24) is 5.32 Å². The quantitative estimate of drug-likeness (QED) is 0.272. The minimum atomic E-state index is -0.242. The van der Waals surface area contributed by atoms with Crippen LogP contribution in [0.4, 0.5) is 4.79 Å². The first-order valence-electron chi connectivity index (χ1n) is 16.9. The summed E-state index contributed by atoms with van der Waals surface area (Å²) in [7, 11) is 4.20. The van der Waals surface area contributed by atoms with Crippen LogP contribution in [0.1, 0.15) is 112 Å². The number of rotatable bonds is 11. The second kappa shape index (κ2) is 12.9. The average molecular weight is 544 g/mol. The maximum atomic E-state index is 12.2. The fourth-order valence-electron chi connectivity index (χ4n) is 10.2. The van der Waals surface area contributed by atoms with E-state index in [1.807, 2.05) is 0 Å². The topological polar surface area (TPSA) is 42.8 Å². The smallest absolute Gasteiger partial charge is 0.407 e. The van der Waals surface area contributed by atoms with E-state index in [0.717, 1.165) is 54.4 Å². The van der Waals surface area contributed by atoms with Crippen LogP contribution in [0.5, 0.6) is 0 Å². The maximum Gasteiger partial charge on any atom is 0.407 e. The van der Waals surface area contributed by atoms with Crippen molar-refractivity contribution in [3.8, 4) is 0 Å². The van der Waals surface area contributed by atoms with Crippen LogP contribution in [-0.4, -0.2) is 39.9 Å². The monoisotopic (exact) mass is 543 g/mol. The van der Waals surface area contributed by atoms with E-state index in [1.165, 1.54) is 69.1 Å². The first-order chi connectivity index (χ1) is 18.5. The van der Waals surface area contributed by atoms with Crippen LogP contribution >= 0.6 is 0 Å². The van der Waals surface area contributed by atoms with Gasteiger partial charge in [0.25, 0.3) is 0 Å². The molecule has 39 heavy (non-hydrogen) atoms. The first kappa shape index (κ1) is 30.9. The molecule has 0 bridgehead atoms. The van der Waals surface area contributed by atoms with E-state index in [0.29, 0.717) is 29.9 Å². The van der Waals surface area contributed by atoms with Crippen molar-refractivity contribution >= 4 is 6.09 Å². The zero-order valence-corrected chi connectivity index (χ0v) is 26.9. The molecule has 0 aromatic rings. The molecule has 0 aromatic heterocycles. The molecular formula is C35H63N2O2+. The molecule has 3 fully saturated rings. The Balaban J connectivity index is 1.34. The van der Waals surface area contributed by atoms with Gasteiger partial charge in [-0.2, -0.15) is 0 Å². The molecule has 4 nitrogen and oxygen atoms in total. The minimum Gasteiger partial charge on any atom is -0.449 e. The number of nitrogens with one attached hydrogen (secondary N) is 2. The van der Waals surface area contributed by atoms with Crippen molar-refractivity contribution in [2.75, 3.05) is 33.8 Å². The Labute approximate surface area is 241 Å². The molecule has 0 spiro atoms. The Kier molecular flexibility index (Phi) is 10.2. The van der Waals surface area contributed by atoms with Crippen LogP contribution in [-0.2, 0) is 4.74 Å². The number of carbonyl (C=O) groups is 1. The van der Waals surface area contributed by atoms with Gasteiger partial charge >= 0.3 is 6.09 Å². The summed E-state index contributed by atoms with van der Waals surface area (Å²) >= 11 is 0. The minimum absolute atomic E-state index is 0.242. The molecule has 0 heterocycles. The molecule has 9 atom stereocenters. The van der Waals surface area contributed by atoms with E-state index in [1.54, 1.807) is 5.57 Å². The van der Waals surface area contributed by atoms with Gasteiger partial charge in [-0.25, -0.2) is 4.79 Å². The lowest BCUT2D eigenvalue weighted by molar-refractivity contribution is -0.856. The lowest BCUT2D eigenvalue weighted by Crippen LogP contribution is -3.06. The number of amides is 1. The number of likely N-dealkylation sites (N-methyl/N-ethyl adjacent to an activating group) is 1. The van der Waals surface area contributed by atoms with Gasteiger partial charge in [0.15, 0.2) is 0 Å². The summed E-state index contributed by atoms with van der Waals surface area (Å²) in [6.07, 6.45) is 17.3. The number of allylic oxidation sites excluding steroid dienone is 2. The third kappa shape index (κ3) is 6.57. The van der Waals surface area contributed by atoms with Crippen molar-refractivity contribution in [3.05, 3.63) is 11.6 Å². The second-order valence-electron chi connectivity index (χ2n) is 15.5. The van der Waals surface area contributed by atoms with Crippen molar-refractivity contribution in [3.63, 3.8) is 0 Å². The molecule has 0 aliphatic heterocycles. The van der Waals surface area contributed by atoms with Crippen molar-refractivity contribution < 1.29 is 14.4 Å². The van der Waals surface area contributed by atoms with E-state index >= 15 is 0 Å². The molecule has 1 amide bonds. The summed E-state index contributed by atoms with van der Waals surface area (Å²) in [5.74, 6) is 6.64. The summed E-state index contributed by atoms with van der Waals surface area (Å²) in [6, 6.07) is 0. The predicted molar refractivity (Wildman–Crippen MR) is 163 cm³/mol. The Hall–Kier alpha value is -1.03. The molecule has 4 heteroatoms. The number of hydrogen-bond donors (Lipinski definition) is 2. The Morgan fingerprint density at radius 1 is 1.08 bits per heavy atom. The number of hydrogen-bond acceptors (Lipinski definition) is 2. The van der Waals surface area contributed by atoms with Gasteiger partial charge in [0.2, 0.25) is 0 Å². The van der Waals surface area contributed by atoms with Gasteiger partial charge < -0.3 is 15.0 Å². The molecular weight excluding hydrogens is 480 g/mol. The summed E-state index contributed by atoms with van der Waals surface area (Å²) in [5, 5.41) is 2.92. The molecule has 0 radical (unpaired) electrons. The van der Waals surface area contributed by atoms with E-state index in [4.69, 9.17) is 4.74 Å². The van der Waals surface area contributed by atoms with E-state index in [-0.39, 0.29) is 6.09 Å². The molecule has 4 rings (SSSR count). The molecule has 0 unspecified atom stereocenters. The highest BCUT2D eigenvalue weighted by Gasteiger charge is 2.59. The molecule has 4 aliphatic rings. The van der Waals surface area contributed by atoms with Gasteiger partial charge in [-0.05, 0) is 116 Å². The van der Waals surface area contributed by atoms with Crippen LogP contribution in [0, 0.1) is 58.2 Å².